The Labute approximate surface area is 121 Å². The Bertz CT molecular complexity index is 421. The van der Waals surface area contributed by atoms with Gasteiger partial charge in [0.1, 0.15) is 5.75 Å². The quantitative estimate of drug-likeness (QED) is 0.794. The van der Waals surface area contributed by atoms with Crippen molar-refractivity contribution in [3.8, 4) is 5.75 Å². The van der Waals surface area contributed by atoms with E-state index < -0.39 is 0 Å². The molecule has 0 saturated heterocycles. The van der Waals surface area contributed by atoms with E-state index in [1.165, 1.54) is 0 Å². The molecule has 1 amide bonds. The van der Waals surface area contributed by atoms with Crippen molar-refractivity contribution in [2.45, 2.75) is 33.7 Å². The zero-order valence-electron chi connectivity index (χ0n) is 12.8. The molecule has 4 heteroatoms. The summed E-state index contributed by atoms with van der Waals surface area (Å²) in [6.07, 6.45) is 1.07. The van der Waals surface area contributed by atoms with Gasteiger partial charge in [0, 0.05) is 25.2 Å². The SMILES string of the molecule is CCC(C)CN(CC)C(=O)COc1ccccc1CN. The fourth-order valence-corrected chi connectivity index (χ4v) is 1.96. The highest BCUT2D eigenvalue weighted by Crippen LogP contribution is 2.17. The molecule has 20 heavy (non-hydrogen) atoms. The Kier molecular flexibility index (Phi) is 7.09. The Balaban J connectivity index is 2.56. The van der Waals surface area contributed by atoms with E-state index >= 15 is 0 Å². The monoisotopic (exact) mass is 278 g/mol. The second-order valence-corrected chi connectivity index (χ2v) is 5.05. The second kappa shape index (κ2) is 8.59. The molecule has 1 rings (SSSR count). The molecule has 0 aliphatic rings. The highest BCUT2D eigenvalue weighted by molar-refractivity contribution is 5.77. The third-order valence-electron chi connectivity index (χ3n) is 3.51. The van der Waals surface area contributed by atoms with Gasteiger partial charge in [-0.3, -0.25) is 4.79 Å². The van der Waals surface area contributed by atoms with Gasteiger partial charge in [-0.1, -0.05) is 38.5 Å². The van der Waals surface area contributed by atoms with E-state index in [1.807, 2.05) is 36.1 Å². The molecule has 112 valence electrons. The lowest BCUT2D eigenvalue weighted by atomic mass is 10.1. The van der Waals surface area contributed by atoms with Gasteiger partial charge in [0.05, 0.1) is 0 Å². The first-order chi connectivity index (χ1) is 9.62. The number of para-hydroxylation sites is 1. The van der Waals surface area contributed by atoms with Crippen molar-refractivity contribution < 1.29 is 9.53 Å². The van der Waals surface area contributed by atoms with Gasteiger partial charge in [0.2, 0.25) is 0 Å². The van der Waals surface area contributed by atoms with Gasteiger partial charge >= 0.3 is 0 Å². The highest BCUT2D eigenvalue weighted by Gasteiger charge is 2.15. The van der Waals surface area contributed by atoms with Crippen LogP contribution < -0.4 is 10.5 Å². The zero-order chi connectivity index (χ0) is 15.0. The van der Waals surface area contributed by atoms with E-state index in [1.54, 1.807) is 0 Å². The van der Waals surface area contributed by atoms with Crippen LogP contribution in [0.25, 0.3) is 0 Å². The van der Waals surface area contributed by atoms with Gasteiger partial charge in [-0.25, -0.2) is 0 Å². The number of nitrogens with zero attached hydrogens (tertiary/aromatic N) is 1. The molecule has 1 aromatic rings. The summed E-state index contributed by atoms with van der Waals surface area (Å²) >= 11 is 0. The number of rotatable bonds is 8. The number of ether oxygens (including phenoxy) is 1. The molecule has 0 aliphatic carbocycles. The molecule has 0 fully saturated rings. The number of likely N-dealkylation sites (N-methyl/N-ethyl adjacent to an activating group) is 1. The Morgan fingerprint density at radius 1 is 1.35 bits per heavy atom. The van der Waals surface area contributed by atoms with E-state index in [-0.39, 0.29) is 12.5 Å². The number of carbonyl (C=O) groups excluding carboxylic acids is 1. The Hall–Kier alpha value is -1.55. The molecule has 4 nitrogen and oxygen atoms in total. The summed E-state index contributed by atoms with van der Waals surface area (Å²) in [5.74, 6) is 1.23. The molecule has 2 N–H and O–H groups in total. The molecule has 0 spiro atoms. The van der Waals surface area contributed by atoms with Crippen molar-refractivity contribution in [1.82, 2.24) is 4.90 Å². The van der Waals surface area contributed by atoms with Gasteiger partial charge in [0.25, 0.3) is 5.91 Å². The molecule has 0 heterocycles. The average molecular weight is 278 g/mol. The van der Waals surface area contributed by atoms with Crippen LogP contribution in [0.1, 0.15) is 32.8 Å². The molecule has 0 aliphatic heterocycles. The normalized spacial score (nSPS) is 12.0. The van der Waals surface area contributed by atoms with Gasteiger partial charge in [-0.15, -0.1) is 0 Å². The molecule has 0 aromatic heterocycles. The van der Waals surface area contributed by atoms with Crippen molar-refractivity contribution in [3.63, 3.8) is 0 Å². The van der Waals surface area contributed by atoms with Crippen LogP contribution in [0.15, 0.2) is 24.3 Å². The number of amides is 1. The summed E-state index contributed by atoms with van der Waals surface area (Å²) in [6, 6.07) is 7.56. The lowest BCUT2D eigenvalue weighted by Crippen LogP contribution is -2.37. The van der Waals surface area contributed by atoms with Crippen LogP contribution in [0.4, 0.5) is 0 Å². The highest BCUT2D eigenvalue weighted by atomic mass is 16.5. The van der Waals surface area contributed by atoms with Crippen LogP contribution >= 0.6 is 0 Å². The largest absolute Gasteiger partial charge is 0.483 e. The first-order valence-corrected chi connectivity index (χ1v) is 7.30. The van der Waals surface area contributed by atoms with Gasteiger partial charge in [0.15, 0.2) is 6.61 Å². The number of hydrogen-bond donors (Lipinski definition) is 1. The van der Waals surface area contributed by atoms with Crippen LogP contribution in [0.5, 0.6) is 5.75 Å². The molecule has 0 bridgehead atoms. The van der Waals surface area contributed by atoms with Crippen molar-refractivity contribution in [2.24, 2.45) is 11.7 Å². The van der Waals surface area contributed by atoms with Crippen molar-refractivity contribution >= 4 is 5.91 Å². The van der Waals surface area contributed by atoms with E-state index in [0.29, 0.717) is 24.8 Å². The first-order valence-electron chi connectivity index (χ1n) is 7.30. The van der Waals surface area contributed by atoms with Crippen LogP contribution in [-0.2, 0) is 11.3 Å². The van der Waals surface area contributed by atoms with E-state index in [4.69, 9.17) is 10.5 Å². The van der Waals surface area contributed by atoms with Gasteiger partial charge in [-0.2, -0.15) is 0 Å². The molecule has 1 unspecified atom stereocenters. The summed E-state index contributed by atoms with van der Waals surface area (Å²) in [5.41, 5.74) is 6.57. The van der Waals surface area contributed by atoms with E-state index in [9.17, 15) is 4.79 Å². The van der Waals surface area contributed by atoms with Gasteiger partial charge in [-0.05, 0) is 18.9 Å². The van der Waals surface area contributed by atoms with E-state index in [2.05, 4.69) is 13.8 Å². The standard InChI is InChI=1S/C16H26N2O2/c1-4-13(3)11-18(5-2)16(19)12-20-15-9-7-6-8-14(15)10-17/h6-9,13H,4-5,10-12,17H2,1-3H3. The molecular weight excluding hydrogens is 252 g/mol. The lowest BCUT2D eigenvalue weighted by Gasteiger charge is -2.24. The minimum absolute atomic E-state index is 0.0274. The topological polar surface area (TPSA) is 55.6 Å². The molecule has 1 atom stereocenters. The fourth-order valence-electron chi connectivity index (χ4n) is 1.96. The van der Waals surface area contributed by atoms with Gasteiger partial charge < -0.3 is 15.4 Å². The zero-order valence-corrected chi connectivity index (χ0v) is 12.8. The fraction of sp³-hybridized carbons (Fsp3) is 0.562. The third kappa shape index (κ3) is 4.85. The summed E-state index contributed by atoms with van der Waals surface area (Å²) < 4.78 is 5.62. The lowest BCUT2D eigenvalue weighted by molar-refractivity contribution is -0.133. The van der Waals surface area contributed by atoms with Crippen LogP contribution in [0.3, 0.4) is 0 Å². The summed E-state index contributed by atoms with van der Waals surface area (Å²) in [7, 11) is 0. The molecule has 0 radical (unpaired) electrons. The van der Waals surface area contributed by atoms with Crippen LogP contribution in [0.2, 0.25) is 0 Å². The maximum absolute atomic E-state index is 12.2. The number of benzene rings is 1. The van der Waals surface area contributed by atoms with E-state index in [0.717, 1.165) is 18.5 Å². The Morgan fingerprint density at radius 2 is 2.05 bits per heavy atom. The van der Waals surface area contributed by atoms with Crippen molar-refractivity contribution in [3.05, 3.63) is 29.8 Å². The maximum atomic E-state index is 12.2. The molecule has 1 aromatic carbocycles. The van der Waals surface area contributed by atoms with Crippen molar-refractivity contribution in [2.75, 3.05) is 19.7 Å². The summed E-state index contributed by atoms with van der Waals surface area (Å²) in [6.45, 7) is 8.26. The number of hydrogen-bond acceptors (Lipinski definition) is 3. The third-order valence-corrected chi connectivity index (χ3v) is 3.51. The van der Waals surface area contributed by atoms with Crippen molar-refractivity contribution in [1.29, 1.82) is 0 Å². The molecular formula is C16H26N2O2. The van der Waals surface area contributed by atoms with Crippen LogP contribution in [0, 0.1) is 5.92 Å². The predicted octanol–water partition coefficient (Wildman–Crippen LogP) is 2.42. The second-order valence-electron chi connectivity index (χ2n) is 5.05. The Morgan fingerprint density at radius 3 is 2.65 bits per heavy atom. The summed E-state index contributed by atoms with van der Waals surface area (Å²) in [5, 5.41) is 0. The average Bonchev–Trinajstić information content (AvgIpc) is 2.50. The minimum atomic E-state index is 0.0274. The summed E-state index contributed by atoms with van der Waals surface area (Å²) in [4.78, 5) is 14.0. The predicted molar refractivity (Wildman–Crippen MR) is 81.5 cm³/mol. The smallest absolute Gasteiger partial charge is 0.260 e. The minimum Gasteiger partial charge on any atom is -0.483 e. The van der Waals surface area contributed by atoms with Crippen LogP contribution in [-0.4, -0.2) is 30.5 Å². The first kappa shape index (κ1) is 16.5. The molecule has 0 saturated carbocycles. The maximum Gasteiger partial charge on any atom is 0.260 e. The number of nitrogens with two attached hydrogens (primary N) is 1. The number of carbonyl (C=O) groups is 1.